The Balaban J connectivity index is 3.64. The van der Waals surface area contributed by atoms with Crippen LogP contribution in [0.2, 0.25) is 0 Å². The van der Waals surface area contributed by atoms with Gasteiger partial charge >= 0.3 is 5.97 Å². The summed E-state index contributed by atoms with van der Waals surface area (Å²) in [7, 11) is 0. The van der Waals surface area contributed by atoms with E-state index in [2.05, 4.69) is 5.32 Å². The zero-order valence-electron chi connectivity index (χ0n) is 6.90. The van der Waals surface area contributed by atoms with Crippen molar-refractivity contribution in [1.82, 2.24) is 5.32 Å². The van der Waals surface area contributed by atoms with Gasteiger partial charge in [0.1, 0.15) is 6.04 Å². The lowest BCUT2D eigenvalue weighted by Crippen LogP contribution is -2.36. The molecule has 2 N–H and O–H groups in total. The lowest BCUT2D eigenvalue weighted by atomic mass is 10.2. The number of carboxylic acids is 1. The Morgan fingerprint density at radius 3 is 2.92 bits per heavy atom. The Morgan fingerprint density at radius 1 is 1.77 bits per heavy atom. The molecule has 0 saturated heterocycles. The molecule has 0 aliphatic rings. The number of nitriles is 1. The molecule has 6 heteroatoms. The van der Waals surface area contributed by atoms with Gasteiger partial charge in [-0.2, -0.15) is 5.26 Å². The molecule has 1 unspecified atom stereocenters. The highest BCUT2D eigenvalue weighted by Crippen LogP contribution is 2.03. The van der Waals surface area contributed by atoms with E-state index in [9.17, 15) is 9.59 Å². The number of carbonyl (C=O) groups is 2. The van der Waals surface area contributed by atoms with Crippen LogP contribution in [0.3, 0.4) is 0 Å². The van der Waals surface area contributed by atoms with E-state index in [-0.39, 0.29) is 0 Å². The maximum absolute atomic E-state index is 10.5. The number of thioether (sulfide) groups is 1. The van der Waals surface area contributed by atoms with Gasteiger partial charge in [-0.05, 0) is 12.2 Å². The zero-order chi connectivity index (χ0) is 10.1. The van der Waals surface area contributed by atoms with Crippen molar-refractivity contribution in [1.29, 1.82) is 5.26 Å². The molecule has 1 amide bonds. The zero-order valence-corrected chi connectivity index (χ0v) is 7.71. The maximum atomic E-state index is 10.5. The predicted octanol–water partition coefficient (Wildman–Crippen LogP) is -0.168. The van der Waals surface area contributed by atoms with Crippen molar-refractivity contribution in [2.24, 2.45) is 0 Å². The summed E-state index contributed by atoms with van der Waals surface area (Å²) in [6, 6.07) is 1.08. The van der Waals surface area contributed by atoms with Crippen LogP contribution < -0.4 is 5.32 Å². The van der Waals surface area contributed by atoms with Crippen molar-refractivity contribution in [3.05, 3.63) is 0 Å². The highest BCUT2D eigenvalue weighted by atomic mass is 32.2. The van der Waals surface area contributed by atoms with Gasteiger partial charge in [0.05, 0.1) is 11.8 Å². The summed E-state index contributed by atoms with van der Waals surface area (Å²) < 4.78 is 0. The fraction of sp³-hybridized carbons (Fsp3) is 0.571. The summed E-state index contributed by atoms with van der Waals surface area (Å²) in [6.07, 6.45) is 0.703. The molecule has 0 heterocycles. The summed E-state index contributed by atoms with van der Waals surface area (Å²) in [5.74, 6) is -0.164. The summed E-state index contributed by atoms with van der Waals surface area (Å²) >= 11 is 1.34. The van der Waals surface area contributed by atoms with E-state index in [0.717, 1.165) is 0 Å². The van der Waals surface area contributed by atoms with Crippen molar-refractivity contribution in [2.75, 3.05) is 11.5 Å². The van der Waals surface area contributed by atoms with Crippen LogP contribution in [0.5, 0.6) is 0 Å². The van der Waals surface area contributed by atoms with E-state index in [4.69, 9.17) is 10.4 Å². The highest BCUT2D eigenvalue weighted by molar-refractivity contribution is 7.99. The first-order valence-corrected chi connectivity index (χ1v) is 4.75. The van der Waals surface area contributed by atoms with E-state index in [1.807, 2.05) is 6.07 Å². The minimum Gasteiger partial charge on any atom is -0.480 e. The third-order valence-corrected chi connectivity index (χ3v) is 2.14. The first-order chi connectivity index (χ1) is 6.22. The second-order valence-electron chi connectivity index (χ2n) is 2.17. The van der Waals surface area contributed by atoms with Gasteiger partial charge in [-0.25, -0.2) is 4.79 Å². The Hall–Kier alpha value is -1.22. The van der Waals surface area contributed by atoms with Crippen LogP contribution in [-0.4, -0.2) is 35.0 Å². The fourth-order valence-electron chi connectivity index (χ4n) is 0.679. The summed E-state index contributed by atoms with van der Waals surface area (Å²) in [6.45, 7) is 0. The van der Waals surface area contributed by atoms with E-state index in [0.29, 0.717) is 24.3 Å². The smallest absolute Gasteiger partial charge is 0.326 e. The second-order valence-corrected chi connectivity index (χ2v) is 3.28. The van der Waals surface area contributed by atoms with Crippen LogP contribution >= 0.6 is 11.8 Å². The molecule has 0 saturated carbocycles. The summed E-state index contributed by atoms with van der Waals surface area (Å²) in [5.41, 5.74) is 0. The van der Waals surface area contributed by atoms with E-state index < -0.39 is 12.0 Å². The first kappa shape index (κ1) is 11.8. The molecule has 0 fully saturated rings. The van der Waals surface area contributed by atoms with Gasteiger partial charge in [0.15, 0.2) is 0 Å². The molecule has 0 aromatic heterocycles. The molecule has 0 aliphatic carbocycles. The molecule has 0 spiro atoms. The lowest BCUT2D eigenvalue weighted by molar-refractivity contribution is -0.140. The van der Waals surface area contributed by atoms with Gasteiger partial charge in [-0.15, -0.1) is 11.8 Å². The van der Waals surface area contributed by atoms with Gasteiger partial charge in [0, 0.05) is 0 Å². The van der Waals surface area contributed by atoms with Crippen LogP contribution in [0.4, 0.5) is 0 Å². The average Bonchev–Trinajstić information content (AvgIpc) is 2.10. The number of hydrogen-bond donors (Lipinski definition) is 2. The van der Waals surface area contributed by atoms with Gasteiger partial charge in [0.25, 0.3) is 0 Å². The largest absolute Gasteiger partial charge is 0.480 e. The minimum absolute atomic E-state index is 0.334. The summed E-state index contributed by atoms with van der Waals surface area (Å²) in [4.78, 5) is 20.4. The Kier molecular flexibility index (Phi) is 6.73. The SMILES string of the molecule is N#CCSCCC(NC=O)C(=O)O. The monoisotopic (exact) mass is 202 g/mol. The molecule has 0 aliphatic heterocycles. The molecule has 0 radical (unpaired) electrons. The molecule has 72 valence electrons. The third-order valence-electron chi connectivity index (χ3n) is 1.28. The number of carboxylic acid groups (broad SMARTS) is 1. The van der Waals surface area contributed by atoms with E-state index >= 15 is 0 Å². The summed E-state index contributed by atoms with van der Waals surface area (Å²) in [5, 5.41) is 18.9. The Bertz CT molecular complexity index is 214. The van der Waals surface area contributed by atoms with Gasteiger partial charge in [0.2, 0.25) is 6.41 Å². The third kappa shape index (κ3) is 5.99. The van der Waals surface area contributed by atoms with Crippen LogP contribution in [0.25, 0.3) is 0 Å². The van der Waals surface area contributed by atoms with Crippen molar-refractivity contribution in [3.8, 4) is 6.07 Å². The van der Waals surface area contributed by atoms with Crippen molar-refractivity contribution in [3.63, 3.8) is 0 Å². The van der Waals surface area contributed by atoms with Crippen LogP contribution in [0.15, 0.2) is 0 Å². The van der Waals surface area contributed by atoms with Gasteiger partial charge in [-0.1, -0.05) is 0 Å². The minimum atomic E-state index is -1.05. The molecule has 0 rings (SSSR count). The Labute approximate surface area is 80.1 Å². The molecular weight excluding hydrogens is 192 g/mol. The van der Waals surface area contributed by atoms with Gasteiger partial charge < -0.3 is 10.4 Å². The van der Waals surface area contributed by atoms with E-state index in [1.54, 1.807) is 0 Å². The number of nitrogens with one attached hydrogen (secondary N) is 1. The number of amides is 1. The van der Waals surface area contributed by atoms with E-state index in [1.165, 1.54) is 11.8 Å². The number of hydrogen-bond acceptors (Lipinski definition) is 4. The van der Waals surface area contributed by atoms with Crippen molar-refractivity contribution < 1.29 is 14.7 Å². The van der Waals surface area contributed by atoms with Crippen molar-refractivity contribution in [2.45, 2.75) is 12.5 Å². The first-order valence-electron chi connectivity index (χ1n) is 3.59. The topological polar surface area (TPSA) is 90.2 Å². The Morgan fingerprint density at radius 2 is 2.46 bits per heavy atom. The van der Waals surface area contributed by atoms with Crippen LogP contribution in [0.1, 0.15) is 6.42 Å². The highest BCUT2D eigenvalue weighted by Gasteiger charge is 2.14. The number of rotatable bonds is 7. The average molecular weight is 202 g/mol. The van der Waals surface area contributed by atoms with Crippen LogP contribution in [0, 0.1) is 11.3 Å². The quantitative estimate of drug-likeness (QED) is 0.442. The number of aliphatic carboxylic acids is 1. The fourth-order valence-corrected chi connectivity index (χ4v) is 1.32. The van der Waals surface area contributed by atoms with Crippen molar-refractivity contribution >= 4 is 24.1 Å². The number of carbonyl (C=O) groups excluding carboxylic acids is 1. The predicted molar refractivity (Wildman–Crippen MR) is 48.2 cm³/mol. The molecule has 0 aromatic rings. The van der Waals surface area contributed by atoms with Gasteiger partial charge in [-0.3, -0.25) is 4.79 Å². The van der Waals surface area contributed by atoms with Crippen LogP contribution in [-0.2, 0) is 9.59 Å². The molecule has 1 atom stereocenters. The molecular formula is C7H10N2O3S. The molecule has 0 bridgehead atoms. The molecule has 13 heavy (non-hydrogen) atoms. The normalized spacial score (nSPS) is 11.3. The second kappa shape index (κ2) is 7.43. The molecule has 0 aromatic carbocycles. The maximum Gasteiger partial charge on any atom is 0.326 e. The number of nitrogens with zero attached hydrogens (tertiary/aromatic N) is 1. The molecule has 5 nitrogen and oxygen atoms in total. The standard InChI is InChI=1S/C7H10N2O3S/c8-2-4-13-3-1-6(7(11)12)9-5-10/h5-6H,1,3-4H2,(H,9,10)(H,11,12). The lowest BCUT2D eigenvalue weighted by Gasteiger charge is -2.09.